The molecule has 0 saturated carbocycles. The molecule has 1 amide bonds. The van der Waals surface area contributed by atoms with Gasteiger partial charge in [-0.2, -0.15) is 4.39 Å². The molecular formula is C12H11ClF3NO2. The van der Waals surface area contributed by atoms with E-state index in [1.807, 2.05) is 0 Å². The van der Waals surface area contributed by atoms with E-state index in [1.165, 1.54) is 4.90 Å². The molecular weight excluding hydrogens is 283 g/mol. The molecule has 1 aliphatic heterocycles. The third-order valence-corrected chi connectivity index (χ3v) is 3.54. The number of hydrogen-bond donors (Lipinski definition) is 1. The summed E-state index contributed by atoms with van der Waals surface area (Å²) in [5, 5.41) is 9.10. The molecule has 7 heteroatoms. The van der Waals surface area contributed by atoms with E-state index < -0.39 is 34.7 Å². The summed E-state index contributed by atoms with van der Waals surface area (Å²) in [6, 6.07) is 0.194. The van der Waals surface area contributed by atoms with Crippen molar-refractivity contribution in [3.05, 3.63) is 29.1 Å². The Kier molecular flexibility index (Phi) is 3.89. The molecule has 2 rings (SSSR count). The fourth-order valence-electron chi connectivity index (χ4n) is 2.16. The zero-order chi connectivity index (χ0) is 14.2. The number of aromatic hydroxyl groups is 1. The number of carbonyl (C=O) groups excluding carboxylic acids is 1. The molecule has 0 radical (unpaired) electrons. The van der Waals surface area contributed by atoms with Crippen LogP contribution >= 0.6 is 11.6 Å². The Balaban J connectivity index is 2.39. The normalized spacial score (nSPS) is 18.9. The summed E-state index contributed by atoms with van der Waals surface area (Å²) in [5.41, 5.74) is -0.687. The first-order chi connectivity index (χ1) is 8.97. The van der Waals surface area contributed by atoms with E-state index in [4.69, 9.17) is 16.7 Å². The van der Waals surface area contributed by atoms with E-state index in [-0.39, 0.29) is 11.9 Å². The third-order valence-electron chi connectivity index (χ3n) is 3.18. The monoisotopic (exact) mass is 293 g/mol. The molecule has 0 bridgehead atoms. The average molecular weight is 294 g/mol. The van der Waals surface area contributed by atoms with E-state index in [0.29, 0.717) is 25.5 Å². The van der Waals surface area contributed by atoms with Gasteiger partial charge >= 0.3 is 0 Å². The summed E-state index contributed by atoms with van der Waals surface area (Å²) >= 11 is 5.69. The first kappa shape index (κ1) is 14.0. The minimum atomic E-state index is -1.70. The van der Waals surface area contributed by atoms with Gasteiger partial charge in [-0.05, 0) is 18.9 Å². The number of phenols is 1. The SMILES string of the molecule is O=C(c1cc(F)c(F)c(O)c1F)N1CCCC1CCl. The zero-order valence-electron chi connectivity index (χ0n) is 9.80. The highest BCUT2D eigenvalue weighted by Crippen LogP contribution is 2.28. The Morgan fingerprint density at radius 3 is 2.74 bits per heavy atom. The standard InChI is InChI=1S/C12H11ClF3NO2/c13-5-6-2-1-3-17(6)12(19)7-4-8(14)10(16)11(18)9(7)15/h4,6,18H,1-3,5H2. The van der Waals surface area contributed by atoms with Crippen molar-refractivity contribution in [1.29, 1.82) is 0 Å². The van der Waals surface area contributed by atoms with Crippen LogP contribution in [0.3, 0.4) is 0 Å². The Morgan fingerprint density at radius 1 is 1.42 bits per heavy atom. The van der Waals surface area contributed by atoms with Gasteiger partial charge in [0.1, 0.15) is 0 Å². The molecule has 3 nitrogen and oxygen atoms in total. The molecule has 0 aliphatic carbocycles. The molecule has 1 aromatic rings. The second kappa shape index (κ2) is 5.28. The number of carbonyl (C=O) groups is 1. The first-order valence-corrected chi connectivity index (χ1v) is 6.24. The smallest absolute Gasteiger partial charge is 0.257 e. The summed E-state index contributed by atoms with van der Waals surface area (Å²) in [7, 11) is 0. The molecule has 0 aromatic heterocycles. The Hall–Kier alpha value is -1.43. The summed E-state index contributed by atoms with van der Waals surface area (Å²) in [5.74, 6) is -6.72. The fraction of sp³-hybridized carbons (Fsp3) is 0.417. The predicted octanol–water partition coefficient (Wildman–Crippen LogP) is 2.65. The Morgan fingerprint density at radius 2 is 2.11 bits per heavy atom. The van der Waals surface area contributed by atoms with Crippen molar-refractivity contribution in [3.8, 4) is 5.75 Å². The Labute approximate surface area is 112 Å². The number of hydrogen-bond acceptors (Lipinski definition) is 2. The number of likely N-dealkylation sites (tertiary alicyclic amines) is 1. The average Bonchev–Trinajstić information content (AvgIpc) is 2.88. The fourth-order valence-corrected chi connectivity index (χ4v) is 2.49. The van der Waals surface area contributed by atoms with Gasteiger partial charge in [0.25, 0.3) is 5.91 Å². The first-order valence-electron chi connectivity index (χ1n) is 5.70. The van der Waals surface area contributed by atoms with E-state index in [1.54, 1.807) is 0 Å². The van der Waals surface area contributed by atoms with Gasteiger partial charge in [0, 0.05) is 18.5 Å². The highest BCUT2D eigenvalue weighted by molar-refractivity contribution is 6.18. The van der Waals surface area contributed by atoms with Crippen molar-refractivity contribution in [1.82, 2.24) is 4.90 Å². The minimum Gasteiger partial charge on any atom is -0.503 e. The number of amides is 1. The molecule has 0 spiro atoms. The van der Waals surface area contributed by atoms with Crippen LogP contribution in [0.1, 0.15) is 23.2 Å². The molecule has 1 N–H and O–H groups in total. The second-order valence-electron chi connectivity index (χ2n) is 4.33. The summed E-state index contributed by atoms with van der Waals surface area (Å²) in [6.07, 6.45) is 1.38. The topological polar surface area (TPSA) is 40.5 Å². The van der Waals surface area contributed by atoms with Crippen molar-refractivity contribution in [2.45, 2.75) is 18.9 Å². The lowest BCUT2D eigenvalue weighted by Crippen LogP contribution is -2.37. The van der Waals surface area contributed by atoms with Crippen molar-refractivity contribution in [2.75, 3.05) is 12.4 Å². The maximum Gasteiger partial charge on any atom is 0.257 e. The predicted molar refractivity (Wildman–Crippen MR) is 62.8 cm³/mol. The van der Waals surface area contributed by atoms with Crippen LogP contribution in [0.2, 0.25) is 0 Å². The van der Waals surface area contributed by atoms with Crippen molar-refractivity contribution in [3.63, 3.8) is 0 Å². The lowest BCUT2D eigenvalue weighted by atomic mass is 10.1. The van der Waals surface area contributed by atoms with Gasteiger partial charge in [-0.15, -0.1) is 11.6 Å². The van der Waals surface area contributed by atoms with Crippen LogP contribution in [-0.2, 0) is 0 Å². The maximum absolute atomic E-state index is 13.6. The van der Waals surface area contributed by atoms with Crippen molar-refractivity contribution in [2.24, 2.45) is 0 Å². The third kappa shape index (κ3) is 2.36. The highest BCUT2D eigenvalue weighted by Gasteiger charge is 2.32. The maximum atomic E-state index is 13.6. The minimum absolute atomic E-state index is 0.184. The van der Waals surface area contributed by atoms with Gasteiger partial charge in [-0.25, -0.2) is 8.78 Å². The van der Waals surface area contributed by atoms with Crippen LogP contribution in [0.4, 0.5) is 13.2 Å². The molecule has 1 unspecified atom stereocenters. The summed E-state index contributed by atoms with van der Waals surface area (Å²) in [6.45, 7) is 0.370. The molecule has 1 heterocycles. The molecule has 104 valence electrons. The Bertz CT molecular complexity index is 524. The van der Waals surface area contributed by atoms with Gasteiger partial charge in [0.05, 0.1) is 5.56 Å². The zero-order valence-corrected chi connectivity index (χ0v) is 10.6. The highest BCUT2D eigenvalue weighted by atomic mass is 35.5. The number of phenolic OH excluding ortho intramolecular Hbond substituents is 1. The van der Waals surface area contributed by atoms with E-state index in [0.717, 1.165) is 0 Å². The van der Waals surface area contributed by atoms with Crippen LogP contribution in [0.5, 0.6) is 5.75 Å². The van der Waals surface area contributed by atoms with Gasteiger partial charge in [-0.3, -0.25) is 4.79 Å². The van der Waals surface area contributed by atoms with Crippen LogP contribution in [-0.4, -0.2) is 34.4 Å². The van der Waals surface area contributed by atoms with Crippen LogP contribution < -0.4 is 0 Å². The van der Waals surface area contributed by atoms with Crippen LogP contribution in [0, 0.1) is 17.5 Å². The number of rotatable bonds is 2. The van der Waals surface area contributed by atoms with E-state index >= 15 is 0 Å². The molecule has 1 saturated heterocycles. The van der Waals surface area contributed by atoms with E-state index in [9.17, 15) is 18.0 Å². The quantitative estimate of drug-likeness (QED) is 0.673. The van der Waals surface area contributed by atoms with Gasteiger partial charge < -0.3 is 10.0 Å². The van der Waals surface area contributed by atoms with Crippen LogP contribution in [0.15, 0.2) is 6.07 Å². The second-order valence-corrected chi connectivity index (χ2v) is 4.64. The van der Waals surface area contributed by atoms with E-state index in [2.05, 4.69) is 0 Å². The van der Waals surface area contributed by atoms with Crippen molar-refractivity contribution >= 4 is 17.5 Å². The number of alkyl halides is 1. The molecule has 1 atom stereocenters. The van der Waals surface area contributed by atoms with Crippen molar-refractivity contribution < 1.29 is 23.1 Å². The molecule has 1 fully saturated rings. The van der Waals surface area contributed by atoms with Gasteiger partial charge in [0.2, 0.25) is 5.82 Å². The largest absolute Gasteiger partial charge is 0.503 e. The molecule has 1 aromatic carbocycles. The lowest BCUT2D eigenvalue weighted by Gasteiger charge is -2.23. The molecule has 19 heavy (non-hydrogen) atoms. The number of benzene rings is 1. The van der Waals surface area contributed by atoms with Gasteiger partial charge in [0.15, 0.2) is 17.4 Å². The number of nitrogens with zero attached hydrogens (tertiary/aromatic N) is 1. The van der Waals surface area contributed by atoms with Crippen LogP contribution in [0.25, 0.3) is 0 Å². The number of halogens is 4. The summed E-state index contributed by atoms with van der Waals surface area (Å²) in [4.78, 5) is 13.4. The summed E-state index contributed by atoms with van der Waals surface area (Å²) < 4.78 is 39.7. The lowest BCUT2D eigenvalue weighted by molar-refractivity contribution is 0.0742. The van der Waals surface area contributed by atoms with Gasteiger partial charge in [-0.1, -0.05) is 0 Å². The molecule has 1 aliphatic rings.